The summed E-state index contributed by atoms with van der Waals surface area (Å²) in [7, 11) is 0. The van der Waals surface area contributed by atoms with Crippen molar-refractivity contribution in [3.05, 3.63) is 0 Å². The van der Waals surface area contributed by atoms with E-state index >= 15 is 0 Å². The van der Waals surface area contributed by atoms with Crippen molar-refractivity contribution < 1.29 is 14.3 Å². The number of rotatable bonds is 6. The summed E-state index contributed by atoms with van der Waals surface area (Å²) in [6.45, 7) is 10.6. The lowest BCUT2D eigenvalue weighted by atomic mass is 10.1. The summed E-state index contributed by atoms with van der Waals surface area (Å²) in [5.41, 5.74) is -0.820. The topological polar surface area (TPSA) is 35.5 Å². The third-order valence-corrected chi connectivity index (χ3v) is 1.71. The zero-order valence-corrected chi connectivity index (χ0v) is 9.92. The van der Waals surface area contributed by atoms with Crippen molar-refractivity contribution in [2.45, 2.75) is 46.6 Å². The van der Waals surface area contributed by atoms with E-state index < -0.39 is 5.60 Å². The molecule has 3 nitrogen and oxygen atoms in total. The lowest BCUT2D eigenvalue weighted by molar-refractivity contribution is -0.169. The van der Waals surface area contributed by atoms with Gasteiger partial charge in [0.15, 0.2) is 5.60 Å². The molecule has 0 bridgehead atoms. The highest BCUT2D eigenvalue weighted by Gasteiger charge is 2.30. The van der Waals surface area contributed by atoms with Crippen LogP contribution in [0.15, 0.2) is 0 Å². The molecule has 0 aliphatic heterocycles. The SMILES string of the molecule is CCCOC(=O)C(C)(C)OCC(C)C. The van der Waals surface area contributed by atoms with Crippen molar-refractivity contribution in [2.75, 3.05) is 13.2 Å². The molecule has 3 heteroatoms. The number of hydrogen-bond donors (Lipinski definition) is 0. The Hall–Kier alpha value is -0.570. The molecule has 0 saturated heterocycles. The van der Waals surface area contributed by atoms with Crippen molar-refractivity contribution in [1.29, 1.82) is 0 Å². The monoisotopic (exact) mass is 202 g/mol. The predicted molar refractivity (Wildman–Crippen MR) is 56.1 cm³/mol. The molecular weight excluding hydrogens is 180 g/mol. The Kier molecular flexibility index (Phi) is 5.77. The summed E-state index contributed by atoms with van der Waals surface area (Å²) in [5, 5.41) is 0. The van der Waals surface area contributed by atoms with E-state index in [1.54, 1.807) is 13.8 Å². The maximum Gasteiger partial charge on any atom is 0.337 e. The zero-order valence-electron chi connectivity index (χ0n) is 9.92. The van der Waals surface area contributed by atoms with E-state index in [0.717, 1.165) is 6.42 Å². The Morgan fingerprint density at radius 1 is 1.36 bits per heavy atom. The van der Waals surface area contributed by atoms with Crippen molar-refractivity contribution in [1.82, 2.24) is 0 Å². The fourth-order valence-electron chi connectivity index (χ4n) is 0.802. The molecule has 14 heavy (non-hydrogen) atoms. The fourth-order valence-corrected chi connectivity index (χ4v) is 0.802. The molecule has 0 saturated carbocycles. The van der Waals surface area contributed by atoms with Gasteiger partial charge in [-0.3, -0.25) is 0 Å². The first-order valence-corrected chi connectivity index (χ1v) is 5.21. The molecule has 0 aliphatic carbocycles. The van der Waals surface area contributed by atoms with E-state index in [-0.39, 0.29) is 5.97 Å². The summed E-state index contributed by atoms with van der Waals surface area (Å²) < 4.78 is 10.5. The van der Waals surface area contributed by atoms with Gasteiger partial charge in [-0.05, 0) is 26.2 Å². The summed E-state index contributed by atoms with van der Waals surface area (Å²) in [6, 6.07) is 0. The van der Waals surface area contributed by atoms with Crippen LogP contribution in [0.5, 0.6) is 0 Å². The van der Waals surface area contributed by atoms with Gasteiger partial charge in [0.2, 0.25) is 0 Å². The Morgan fingerprint density at radius 3 is 2.36 bits per heavy atom. The first kappa shape index (κ1) is 13.4. The third kappa shape index (κ3) is 5.22. The minimum Gasteiger partial charge on any atom is -0.464 e. The molecule has 0 aliphatic rings. The van der Waals surface area contributed by atoms with Crippen molar-refractivity contribution in [3.63, 3.8) is 0 Å². The van der Waals surface area contributed by atoms with Crippen LogP contribution in [-0.4, -0.2) is 24.8 Å². The van der Waals surface area contributed by atoms with Gasteiger partial charge in [0.25, 0.3) is 0 Å². The second-order valence-corrected chi connectivity index (χ2v) is 4.35. The Labute approximate surface area is 86.8 Å². The van der Waals surface area contributed by atoms with Crippen LogP contribution < -0.4 is 0 Å². The van der Waals surface area contributed by atoms with Crippen molar-refractivity contribution in [2.24, 2.45) is 5.92 Å². The molecule has 0 aromatic heterocycles. The number of carbonyl (C=O) groups excluding carboxylic acids is 1. The van der Waals surface area contributed by atoms with Crippen LogP contribution in [0.4, 0.5) is 0 Å². The minimum absolute atomic E-state index is 0.278. The maximum atomic E-state index is 11.5. The molecule has 0 unspecified atom stereocenters. The van der Waals surface area contributed by atoms with Crippen LogP contribution in [0.1, 0.15) is 41.0 Å². The molecule has 0 fully saturated rings. The Bertz CT molecular complexity index is 173. The number of ether oxygens (including phenoxy) is 2. The highest BCUT2D eigenvalue weighted by Crippen LogP contribution is 2.13. The van der Waals surface area contributed by atoms with Crippen LogP contribution in [0, 0.1) is 5.92 Å². The fraction of sp³-hybridized carbons (Fsp3) is 0.909. The van der Waals surface area contributed by atoms with Crippen LogP contribution in [0.25, 0.3) is 0 Å². The number of esters is 1. The lowest BCUT2D eigenvalue weighted by Crippen LogP contribution is -2.37. The van der Waals surface area contributed by atoms with E-state index in [4.69, 9.17) is 9.47 Å². The molecule has 0 spiro atoms. The predicted octanol–water partition coefficient (Wildman–Crippen LogP) is 2.39. The molecular formula is C11H22O3. The number of hydrogen-bond acceptors (Lipinski definition) is 3. The molecule has 0 radical (unpaired) electrons. The summed E-state index contributed by atoms with van der Waals surface area (Å²) in [5.74, 6) is 0.147. The number of carbonyl (C=O) groups is 1. The van der Waals surface area contributed by atoms with Crippen LogP contribution in [0.3, 0.4) is 0 Å². The van der Waals surface area contributed by atoms with Gasteiger partial charge >= 0.3 is 5.97 Å². The standard InChI is InChI=1S/C11H22O3/c1-6-7-13-10(12)11(4,5)14-8-9(2)3/h9H,6-8H2,1-5H3. The zero-order chi connectivity index (χ0) is 11.2. The normalized spacial score (nSPS) is 11.9. The molecule has 0 atom stereocenters. The molecule has 0 N–H and O–H groups in total. The summed E-state index contributed by atoms with van der Waals surface area (Å²) in [4.78, 5) is 11.5. The van der Waals surface area contributed by atoms with Crippen LogP contribution in [-0.2, 0) is 14.3 Å². The highest BCUT2D eigenvalue weighted by atomic mass is 16.6. The lowest BCUT2D eigenvalue weighted by Gasteiger charge is -2.24. The summed E-state index contributed by atoms with van der Waals surface area (Å²) >= 11 is 0. The van der Waals surface area contributed by atoms with Crippen LogP contribution in [0.2, 0.25) is 0 Å². The molecule has 84 valence electrons. The molecule has 0 aromatic rings. The quantitative estimate of drug-likeness (QED) is 0.620. The van der Waals surface area contributed by atoms with E-state index in [1.807, 2.05) is 20.8 Å². The van der Waals surface area contributed by atoms with Gasteiger partial charge in [-0.2, -0.15) is 0 Å². The van der Waals surface area contributed by atoms with E-state index in [9.17, 15) is 4.79 Å². The first-order chi connectivity index (χ1) is 6.40. The molecule has 0 amide bonds. The van der Waals surface area contributed by atoms with E-state index in [1.165, 1.54) is 0 Å². The van der Waals surface area contributed by atoms with E-state index in [0.29, 0.717) is 19.1 Å². The minimum atomic E-state index is -0.820. The van der Waals surface area contributed by atoms with Gasteiger partial charge in [-0.1, -0.05) is 20.8 Å². The van der Waals surface area contributed by atoms with Gasteiger partial charge in [0.1, 0.15) is 0 Å². The average molecular weight is 202 g/mol. The Morgan fingerprint density at radius 2 is 1.93 bits per heavy atom. The van der Waals surface area contributed by atoms with Gasteiger partial charge in [0.05, 0.1) is 13.2 Å². The van der Waals surface area contributed by atoms with Gasteiger partial charge in [-0.15, -0.1) is 0 Å². The smallest absolute Gasteiger partial charge is 0.337 e. The highest BCUT2D eigenvalue weighted by molar-refractivity contribution is 5.78. The average Bonchev–Trinajstić information content (AvgIpc) is 2.11. The largest absolute Gasteiger partial charge is 0.464 e. The van der Waals surface area contributed by atoms with Gasteiger partial charge in [-0.25, -0.2) is 4.79 Å². The van der Waals surface area contributed by atoms with Crippen molar-refractivity contribution in [3.8, 4) is 0 Å². The molecule has 0 rings (SSSR count). The molecule has 0 aromatic carbocycles. The van der Waals surface area contributed by atoms with E-state index in [2.05, 4.69) is 0 Å². The van der Waals surface area contributed by atoms with Gasteiger partial charge < -0.3 is 9.47 Å². The van der Waals surface area contributed by atoms with Gasteiger partial charge in [0, 0.05) is 0 Å². The maximum absolute atomic E-state index is 11.5. The third-order valence-electron chi connectivity index (χ3n) is 1.71. The molecule has 0 heterocycles. The van der Waals surface area contributed by atoms with Crippen molar-refractivity contribution >= 4 is 5.97 Å². The first-order valence-electron chi connectivity index (χ1n) is 5.21. The van der Waals surface area contributed by atoms with Crippen LogP contribution >= 0.6 is 0 Å². The second-order valence-electron chi connectivity index (χ2n) is 4.35. The summed E-state index contributed by atoms with van der Waals surface area (Å²) in [6.07, 6.45) is 0.839. The second kappa shape index (κ2) is 6.02. The Balaban J connectivity index is 3.96.